The highest BCUT2D eigenvalue weighted by Crippen LogP contribution is 2.15. The molecule has 2 heterocycles. The standard InChI is InChI=1S/C16H13BrN4O2/c17-12-3-5-13(6-4-12)21-15(22)11-8-18-16(19-9-11)20-10-14-2-1-7-23-14/h1-9H,10H2,(H,21,22)(H,18,19,20). The van der Waals surface area contributed by atoms with Crippen LogP contribution >= 0.6 is 15.9 Å². The van der Waals surface area contributed by atoms with Crippen molar-refractivity contribution in [3.63, 3.8) is 0 Å². The van der Waals surface area contributed by atoms with E-state index in [4.69, 9.17) is 4.42 Å². The lowest BCUT2D eigenvalue weighted by atomic mass is 10.3. The van der Waals surface area contributed by atoms with Gasteiger partial charge in [-0.15, -0.1) is 0 Å². The number of anilines is 2. The molecule has 116 valence electrons. The summed E-state index contributed by atoms with van der Waals surface area (Å²) in [5, 5.41) is 5.80. The number of benzene rings is 1. The first-order chi connectivity index (χ1) is 11.2. The minimum atomic E-state index is -0.259. The van der Waals surface area contributed by atoms with Crippen LogP contribution in [0.5, 0.6) is 0 Å². The predicted octanol–water partition coefficient (Wildman–Crippen LogP) is 3.70. The van der Waals surface area contributed by atoms with Gasteiger partial charge in [0.05, 0.1) is 18.4 Å². The van der Waals surface area contributed by atoms with Crippen molar-refractivity contribution in [1.29, 1.82) is 0 Å². The van der Waals surface area contributed by atoms with Crippen molar-refractivity contribution in [3.8, 4) is 0 Å². The van der Waals surface area contributed by atoms with E-state index < -0.39 is 0 Å². The van der Waals surface area contributed by atoms with Crippen molar-refractivity contribution < 1.29 is 9.21 Å². The molecule has 3 rings (SSSR count). The fraction of sp³-hybridized carbons (Fsp3) is 0.0625. The Balaban J connectivity index is 1.59. The molecular formula is C16H13BrN4O2. The Morgan fingerprint density at radius 3 is 2.52 bits per heavy atom. The van der Waals surface area contributed by atoms with E-state index in [9.17, 15) is 4.79 Å². The number of halogens is 1. The smallest absolute Gasteiger partial charge is 0.258 e. The van der Waals surface area contributed by atoms with Gasteiger partial charge in [0.2, 0.25) is 5.95 Å². The SMILES string of the molecule is O=C(Nc1ccc(Br)cc1)c1cnc(NCc2ccco2)nc1. The van der Waals surface area contributed by atoms with E-state index in [1.165, 1.54) is 12.4 Å². The number of carbonyl (C=O) groups is 1. The molecule has 1 aromatic carbocycles. The number of nitrogens with zero attached hydrogens (tertiary/aromatic N) is 2. The van der Waals surface area contributed by atoms with Crippen LogP contribution in [0.15, 0.2) is 63.9 Å². The lowest BCUT2D eigenvalue weighted by Gasteiger charge is -2.06. The molecule has 0 radical (unpaired) electrons. The number of hydrogen-bond acceptors (Lipinski definition) is 5. The van der Waals surface area contributed by atoms with Crippen LogP contribution in [0.25, 0.3) is 0 Å². The van der Waals surface area contributed by atoms with E-state index >= 15 is 0 Å². The first-order valence-corrected chi connectivity index (χ1v) is 7.65. The third-order valence-corrected chi connectivity index (χ3v) is 3.55. The molecule has 6 nitrogen and oxygen atoms in total. The topological polar surface area (TPSA) is 80.0 Å². The van der Waals surface area contributed by atoms with Crippen molar-refractivity contribution in [2.45, 2.75) is 6.54 Å². The van der Waals surface area contributed by atoms with Crippen molar-refractivity contribution in [2.75, 3.05) is 10.6 Å². The summed E-state index contributed by atoms with van der Waals surface area (Å²) in [6.07, 6.45) is 4.56. The molecule has 0 saturated carbocycles. The maximum absolute atomic E-state index is 12.1. The van der Waals surface area contributed by atoms with Gasteiger partial charge < -0.3 is 15.1 Å². The van der Waals surface area contributed by atoms with Gasteiger partial charge in [0.15, 0.2) is 0 Å². The number of nitrogens with one attached hydrogen (secondary N) is 2. The fourth-order valence-electron chi connectivity index (χ4n) is 1.85. The molecular weight excluding hydrogens is 360 g/mol. The van der Waals surface area contributed by atoms with Gasteiger partial charge in [-0.05, 0) is 36.4 Å². The Hall–Kier alpha value is -2.67. The first kappa shape index (κ1) is 15.2. The zero-order valence-electron chi connectivity index (χ0n) is 12.0. The predicted molar refractivity (Wildman–Crippen MR) is 90.2 cm³/mol. The average molecular weight is 373 g/mol. The van der Waals surface area contributed by atoms with Gasteiger partial charge in [-0.25, -0.2) is 9.97 Å². The van der Waals surface area contributed by atoms with E-state index in [1.54, 1.807) is 6.26 Å². The molecule has 3 aromatic rings. The molecule has 0 saturated heterocycles. The third-order valence-electron chi connectivity index (χ3n) is 3.02. The largest absolute Gasteiger partial charge is 0.467 e. The maximum atomic E-state index is 12.1. The highest BCUT2D eigenvalue weighted by atomic mass is 79.9. The van der Waals surface area contributed by atoms with Gasteiger partial charge in [0.1, 0.15) is 5.76 Å². The van der Waals surface area contributed by atoms with Crippen molar-refractivity contribution in [2.24, 2.45) is 0 Å². The van der Waals surface area contributed by atoms with Gasteiger partial charge in [0, 0.05) is 22.6 Å². The molecule has 23 heavy (non-hydrogen) atoms. The second-order valence-electron chi connectivity index (χ2n) is 4.69. The molecule has 0 aliphatic rings. The summed E-state index contributed by atoms with van der Waals surface area (Å²) in [4.78, 5) is 20.4. The Bertz CT molecular complexity index is 771. The Morgan fingerprint density at radius 1 is 1.13 bits per heavy atom. The molecule has 0 aliphatic carbocycles. The van der Waals surface area contributed by atoms with Crippen LogP contribution < -0.4 is 10.6 Å². The number of rotatable bonds is 5. The quantitative estimate of drug-likeness (QED) is 0.713. The molecule has 0 bridgehead atoms. The molecule has 1 amide bonds. The molecule has 0 spiro atoms. The summed E-state index contributed by atoms with van der Waals surface area (Å²) < 4.78 is 6.16. The number of carbonyl (C=O) groups excluding carboxylic acids is 1. The molecule has 0 atom stereocenters. The molecule has 2 N–H and O–H groups in total. The van der Waals surface area contributed by atoms with Crippen LogP contribution in [-0.2, 0) is 6.54 Å². The Morgan fingerprint density at radius 2 is 1.87 bits per heavy atom. The Kier molecular flexibility index (Phi) is 4.68. The lowest BCUT2D eigenvalue weighted by Crippen LogP contribution is -2.13. The zero-order valence-corrected chi connectivity index (χ0v) is 13.6. The van der Waals surface area contributed by atoms with Crippen molar-refractivity contribution in [3.05, 3.63) is 70.9 Å². The van der Waals surface area contributed by atoms with Crippen LogP contribution in [0.1, 0.15) is 16.1 Å². The second-order valence-corrected chi connectivity index (χ2v) is 5.60. The van der Waals surface area contributed by atoms with Gasteiger partial charge in [0.25, 0.3) is 5.91 Å². The van der Waals surface area contributed by atoms with Crippen LogP contribution in [0.2, 0.25) is 0 Å². The van der Waals surface area contributed by atoms with E-state index in [0.29, 0.717) is 23.7 Å². The fourth-order valence-corrected chi connectivity index (χ4v) is 2.12. The summed E-state index contributed by atoms with van der Waals surface area (Å²) in [5.41, 5.74) is 1.09. The van der Waals surface area contributed by atoms with Crippen LogP contribution in [-0.4, -0.2) is 15.9 Å². The highest BCUT2D eigenvalue weighted by Gasteiger charge is 2.08. The van der Waals surface area contributed by atoms with Crippen LogP contribution in [0.3, 0.4) is 0 Å². The van der Waals surface area contributed by atoms with Crippen LogP contribution in [0, 0.1) is 0 Å². The lowest BCUT2D eigenvalue weighted by molar-refractivity contribution is 0.102. The maximum Gasteiger partial charge on any atom is 0.258 e. The van der Waals surface area contributed by atoms with Gasteiger partial charge >= 0.3 is 0 Å². The zero-order chi connectivity index (χ0) is 16.1. The summed E-state index contributed by atoms with van der Waals surface area (Å²) in [6, 6.07) is 11.0. The van der Waals surface area contributed by atoms with Gasteiger partial charge in [-0.2, -0.15) is 0 Å². The molecule has 7 heteroatoms. The van der Waals surface area contributed by atoms with Crippen molar-refractivity contribution >= 4 is 33.5 Å². The van der Waals surface area contributed by atoms with E-state index in [2.05, 4.69) is 36.5 Å². The molecule has 2 aromatic heterocycles. The highest BCUT2D eigenvalue weighted by molar-refractivity contribution is 9.10. The third kappa shape index (κ3) is 4.17. The normalized spacial score (nSPS) is 10.3. The van der Waals surface area contributed by atoms with E-state index in [0.717, 1.165) is 10.2 Å². The first-order valence-electron chi connectivity index (χ1n) is 6.86. The summed E-state index contributed by atoms with van der Waals surface area (Å²) in [7, 11) is 0. The summed E-state index contributed by atoms with van der Waals surface area (Å²) >= 11 is 3.35. The minimum Gasteiger partial charge on any atom is -0.467 e. The molecule has 0 aliphatic heterocycles. The number of aromatic nitrogens is 2. The van der Waals surface area contributed by atoms with Crippen LogP contribution in [0.4, 0.5) is 11.6 Å². The van der Waals surface area contributed by atoms with Gasteiger partial charge in [-0.3, -0.25) is 4.79 Å². The molecule has 0 fully saturated rings. The number of hydrogen-bond donors (Lipinski definition) is 2. The average Bonchev–Trinajstić information content (AvgIpc) is 3.09. The molecule has 0 unspecified atom stereocenters. The monoisotopic (exact) mass is 372 g/mol. The van der Waals surface area contributed by atoms with E-state index in [1.807, 2.05) is 36.4 Å². The second kappa shape index (κ2) is 7.06. The van der Waals surface area contributed by atoms with E-state index in [-0.39, 0.29) is 5.91 Å². The van der Waals surface area contributed by atoms with Crippen molar-refractivity contribution in [1.82, 2.24) is 9.97 Å². The number of furan rings is 1. The number of amides is 1. The minimum absolute atomic E-state index is 0.259. The summed E-state index contributed by atoms with van der Waals surface area (Å²) in [5.74, 6) is 0.956. The Labute approximate surface area is 141 Å². The summed E-state index contributed by atoms with van der Waals surface area (Å²) in [6.45, 7) is 0.484. The van der Waals surface area contributed by atoms with Gasteiger partial charge in [-0.1, -0.05) is 15.9 Å².